The zero-order valence-corrected chi connectivity index (χ0v) is 14.5. The molecule has 0 aliphatic carbocycles. The van der Waals surface area contributed by atoms with Crippen molar-refractivity contribution in [2.45, 2.75) is 13.3 Å². The summed E-state index contributed by atoms with van der Waals surface area (Å²) in [5.74, 6) is -0.890. The molecule has 0 saturated carbocycles. The topological polar surface area (TPSA) is 130 Å². The van der Waals surface area contributed by atoms with E-state index in [9.17, 15) is 24.5 Å². The number of hydrogen-bond acceptors (Lipinski definition) is 5. The molecule has 0 bridgehead atoms. The van der Waals surface area contributed by atoms with Gasteiger partial charge >= 0.3 is 0 Å². The van der Waals surface area contributed by atoms with Crippen molar-refractivity contribution in [3.8, 4) is 0 Å². The van der Waals surface area contributed by atoms with E-state index in [1.807, 2.05) is 0 Å². The van der Waals surface area contributed by atoms with Crippen LogP contribution in [0.15, 0.2) is 48.5 Å². The molecule has 0 saturated heterocycles. The minimum absolute atomic E-state index is 0.0617. The first-order valence-corrected chi connectivity index (χ1v) is 8.05. The maximum atomic E-state index is 11.9. The molecule has 0 spiro atoms. The molecule has 2 aromatic carbocycles. The Morgan fingerprint density at radius 3 is 2.00 bits per heavy atom. The van der Waals surface area contributed by atoms with Crippen LogP contribution < -0.4 is 16.0 Å². The lowest BCUT2D eigenvalue weighted by molar-refractivity contribution is -0.384. The van der Waals surface area contributed by atoms with E-state index in [2.05, 4.69) is 16.0 Å². The number of carbonyl (C=O) groups is 3. The highest BCUT2D eigenvalue weighted by Gasteiger charge is 2.10. The van der Waals surface area contributed by atoms with Gasteiger partial charge in [-0.15, -0.1) is 0 Å². The third-order valence-corrected chi connectivity index (χ3v) is 3.47. The Hall–Kier alpha value is -3.75. The van der Waals surface area contributed by atoms with Crippen LogP contribution in [0.1, 0.15) is 23.7 Å². The SMILES string of the molecule is CC(=O)Nc1ccc(NC(=O)CCNC(=O)c2ccc([N+](=O)[O-])cc2)cc1. The van der Waals surface area contributed by atoms with Crippen LogP contribution in [-0.2, 0) is 9.59 Å². The van der Waals surface area contributed by atoms with E-state index in [1.54, 1.807) is 24.3 Å². The highest BCUT2D eigenvalue weighted by atomic mass is 16.6. The summed E-state index contributed by atoms with van der Waals surface area (Å²) < 4.78 is 0. The van der Waals surface area contributed by atoms with Crippen LogP contribution in [0.5, 0.6) is 0 Å². The first-order valence-electron chi connectivity index (χ1n) is 8.05. The van der Waals surface area contributed by atoms with Gasteiger partial charge < -0.3 is 16.0 Å². The number of nitrogens with zero attached hydrogens (tertiary/aromatic N) is 1. The highest BCUT2D eigenvalue weighted by molar-refractivity contribution is 5.95. The molecule has 0 aromatic heterocycles. The average Bonchev–Trinajstić information content (AvgIpc) is 2.63. The summed E-state index contributed by atoms with van der Waals surface area (Å²) in [6.45, 7) is 1.52. The summed E-state index contributed by atoms with van der Waals surface area (Å²) in [5, 5.41) is 18.5. The molecule has 140 valence electrons. The third-order valence-electron chi connectivity index (χ3n) is 3.47. The van der Waals surface area contributed by atoms with Crippen LogP contribution >= 0.6 is 0 Å². The first-order chi connectivity index (χ1) is 12.8. The second-order valence-electron chi connectivity index (χ2n) is 5.62. The maximum absolute atomic E-state index is 11.9. The zero-order chi connectivity index (χ0) is 19.8. The monoisotopic (exact) mass is 370 g/mol. The highest BCUT2D eigenvalue weighted by Crippen LogP contribution is 2.14. The Kier molecular flexibility index (Phi) is 6.59. The number of nitro benzene ring substituents is 1. The van der Waals surface area contributed by atoms with Gasteiger partial charge in [-0.2, -0.15) is 0 Å². The largest absolute Gasteiger partial charge is 0.352 e. The Morgan fingerprint density at radius 1 is 0.926 bits per heavy atom. The quantitative estimate of drug-likeness (QED) is 0.508. The lowest BCUT2D eigenvalue weighted by Gasteiger charge is -2.08. The van der Waals surface area contributed by atoms with Crippen molar-refractivity contribution < 1.29 is 19.3 Å². The third kappa shape index (κ3) is 6.24. The van der Waals surface area contributed by atoms with Crippen molar-refractivity contribution in [1.29, 1.82) is 0 Å². The van der Waals surface area contributed by atoms with Gasteiger partial charge in [-0.1, -0.05) is 0 Å². The Labute approximate surface area is 154 Å². The summed E-state index contributed by atoms with van der Waals surface area (Å²) in [4.78, 5) is 44.8. The zero-order valence-electron chi connectivity index (χ0n) is 14.5. The number of amides is 3. The van der Waals surface area contributed by atoms with E-state index in [0.717, 1.165) is 0 Å². The number of non-ortho nitro benzene ring substituents is 1. The van der Waals surface area contributed by atoms with Crippen LogP contribution in [0, 0.1) is 10.1 Å². The van der Waals surface area contributed by atoms with Crippen molar-refractivity contribution in [2.75, 3.05) is 17.2 Å². The molecule has 0 radical (unpaired) electrons. The fraction of sp³-hybridized carbons (Fsp3) is 0.167. The van der Waals surface area contributed by atoms with Gasteiger partial charge in [-0.25, -0.2) is 0 Å². The first kappa shape index (κ1) is 19.6. The molecular weight excluding hydrogens is 352 g/mol. The van der Waals surface area contributed by atoms with E-state index in [1.165, 1.54) is 31.2 Å². The average molecular weight is 370 g/mol. The Balaban J connectivity index is 1.77. The van der Waals surface area contributed by atoms with Gasteiger partial charge in [0.15, 0.2) is 0 Å². The van der Waals surface area contributed by atoms with Crippen LogP contribution in [0.3, 0.4) is 0 Å². The van der Waals surface area contributed by atoms with Gasteiger partial charge in [-0.3, -0.25) is 24.5 Å². The summed E-state index contributed by atoms with van der Waals surface area (Å²) in [7, 11) is 0. The maximum Gasteiger partial charge on any atom is 0.269 e. The van der Waals surface area contributed by atoms with Gasteiger partial charge in [0.05, 0.1) is 4.92 Å². The minimum Gasteiger partial charge on any atom is -0.352 e. The van der Waals surface area contributed by atoms with Gasteiger partial charge in [0.1, 0.15) is 0 Å². The molecule has 3 amide bonds. The fourth-order valence-electron chi connectivity index (χ4n) is 2.19. The van der Waals surface area contributed by atoms with Crippen molar-refractivity contribution in [3.05, 3.63) is 64.2 Å². The molecule has 0 fully saturated rings. The standard InChI is InChI=1S/C18H18N4O5/c1-12(23)20-14-4-6-15(7-5-14)21-17(24)10-11-19-18(25)13-2-8-16(9-3-13)22(26)27/h2-9H,10-11H2,1H3,(H,19,25)(H,20,23)(H,21,24). The predicted molar refractivity (Wildman–Crippen MR) is 99.4 cm³/mol. The van der Waals surface area contributed by atoms with Crippen LogP contribution in [0.25, 0.3) is 0 Å². The van der Waals surface area contributed by atoms with Gasteiger partial charge in [-0.05, 0) is 36.4 Å². The molecular formula is C18H18N4O5. The second-order valence-corrected chi connectivity index (χ2v) is 5.62. The smallest absolute Gasteiger partial charge is 0.269 e. The molecule has 0 aliphatic heterocycles. The second kappa shape index (κ2) is 9.09. The molecule has 2 rings (SSSR count). The van der Waals surface area contributed by atoms with Crippen molar-refractivity contribution in [2.24, 2.45) is 0 Å². The van der Waals surface area contributed by atoms with Crippen molar-refractivity contribution in [3.63, 3.8) is 0 Å². The number of anilines is 2. The molecule has 0 heterocycles. The van der Waals surface area contributed by atoms with E-state index in [4.69, 9.17) is 0 Å². The molecule has 2 aromatic rings. The van der Waals surface area contributed by atoms with Crippen LogP contribution in [-0.4, -0.2) is 29.2 Å². The molecule has 0 aliphatic rings. The van der Waals surface area contributed by atoms with E-state index < -0.39 is 10.8 Å². The lowest BCUT2D eigenvalue weighted by Crippen LogP contribution is -2.27. The molecule has 0 atom stereocenters. The van der Waals surface area contributed by atoms with Crippen molar-refractivity contribution >= 4 is 34.8 Å². The minimum atomic E-state index is -0.547. The van der Waals surface area contributed by atoms with Gasteiger partial charge in [0.25, 0.3) is 11.6 Å². The summed E-state index contributed by atoms with van der Waals surface area (Å²) in [6.07, 6.45) is 0.0617. The summed E-state index contributed by atoms with van der Waals surface area (Å²) in [6, 6.07) is 11.8. The van der Waals surface area contributed by atoms with Crippen molar-refractivity contribution in [1.82, 2.24) is 5.32 Å². The predicted octanol–water partition coefficient (Wildman–Crippen LogP) is 2.31. The lowest BCUT2D eigenvalue weighted by atomic mass is 10.2. The number of rotatable bonds is 7. The van der Waals surface area contributed by atoms with Crippen LogP contribution in [0.4, 0.5) is 17.1 Å². The van der Waals surface area contributed by atoms with Gasteiger partial charge in [0, 0.05) is 49.0 Å². The van der Waals surface area contributed by atoms with E-state index in [-0.39, 0.29) is 36.0 Å². The van der Waals surface area contributed by atoms with Crippen LogP contribution in [0.2, 0.25) is 0 Å². The molecule has 9 heteroatoms. The molecule has 27 heavy (non-hydrogen) atoms. The molecule has 9 nitrogen and oxygen atoms in total. The number of nitro groups is 1. The fourth-order valence-corrected chi connectivity index (χ4v) is 2.19. The molecule has 0 unspecified atom stereocenters. The summed E-state index contributed by atoms with van der Waals surface area (Å²) in [5.41, 5.74) is 1.36. The summed E-state index contributed by atoms with van der Waals surface area (Å²) >= 11 is 0. The Morgan fingerprint density at radius 2 is 1.48 bits per heavy atom. The molecule has 3 N–H and O–H groups in total. The Bertz CT molecular complexity index is 847. The van der Waals surface area contributed by atoms with E-state index >= 15 is 0 Å². The van der Waals surface area contributed by atoms with Gasteiger partial charge in [0.2, 0.25) is 11.8 Å². The van der Waals surface area contributed by atoms with E-state index in [0.29, 0.717) is 11.4 Å². The number of carbonyl (C=O) groups excluding carboxylic acids is 3. The number of nitrogens with one attached hydrogen (secondary N) is 3. The normalized spacial score (nSPS) is 9.96. The number of hydrogen-bond donors (Lipinski definition) is 3. The number of benzene rings is 2.